The second-order valence-corrected chi connectivity index (χ2v) is 7.16. The number of fused-ring (bicyclic) bond motifs is 1. The van der Waals surface area contributed by atoms with Gasteiger partial charge in [0.2, 0.25) is 0 Å². The molecule has 4 rings (SSSR count). The fourth-order valence-electron chi connectivity index (χ4n) is 3.00. The molecule has 0 aromatic carbocycles. The van der Waals surface area contributed by atoms with E-state index in [2.05, 4.69) is 25.0 Å². The van der Waals surface area contributed by atoms with E-state index in [0.717, 1.165) is 4.88 Å². The number of nitrogens with two attached hydrogens (primary N) is 1. The van der Waals surface area contributed by atoms with E-state index in [1.807, 2.05) is 6.07 Å². The van der Waals surface area contributed by atoms with E-state index < -0.39 is 11.6 Å². The van der Waals surface area contributed by atoms with Gasteiger partial charge in [0.1, 0.15) is 17.1 Å². The molecule has 0 saturated carbocycles. The van der Waals surface area contributed by atoms with Crippen LogP contribution in [-0.2, 0) is 0 Å². The minimum absolute atomic E-state index is 0.127. The molecule has 1 saturated heterocycles. The molecule has 4 heterocycles. The van der Waals surface area contributed by atoms with Crippen LogP contribution >= 0.6 is 11.5 Å². The summed E-state index contributed by atoms with van der Waals surface area (Å²) in [5.74, 6) is -0.210. The van der Waals surface area contributed by atoms with Crippen molar-refractivity contribution < 1.29 is 9.18 Å². The number of hydrogen-bond acceptors (Lipinski definition) is 7. The molecule has 1 aliphatic rings. The number of piperidine rings is 1. The van der Waals surface area contributed by atoms with E-state index in [0.29, 0.717) is 43.1 Å². The Labute approximate surface area is 152 Å². The Hall–Kier alpha value is -2.59. The summed E-state index contributed by atoms with van der Waals surface area (Å²) < 4.78 is 20.7. The average molecular weight is 375 g/mol. The molecule has 136 valence electrons. The molecule has 8 nitrogen and oxygen atoms in total. The maximum Gasteiger partial charge on any atom is 0.268 e. The quantitative estimate of drug-likeness (QED) is 0.623. The van der Waals surface area contributed by atoms with Gasteiger partial charge in [-0.3, -0.25) is 4.79 Å². The van der Waals surface area contributed by atoms with Crippen molar-refractivity contribution in [1.82, 2.24) is 24.1 Å². The zero-order valence-corrected chi connectivity index (χ0v) is 14.7. The van der Waals surface area contributed by atoms with Gasteiger partial charge < -0.3 is 20.8 Å². The van der Waals surface area contributed by atoms with Crippen molar-refractivity contribution >= 4 is 28.9 Å². The molecule has 3 aromatic rings. The number of imidazole rings is 1. The molecule has 3 aromatic heterocycles. The maximum absolute atomic E-state index is 14.9. The van der Waals surface area contributed by atoms with E-state index in [-0.39, 0.29) is 12.2 Å². The van der Waals surface area contributed by atoms with Crippen LogP contribution in [0.1, 0.15) is 23.3 Å². The molecular formula is C16H18FN7OS. The molecule has 1 amide bonds. The molecule has 0 unspecified atom stereocenters. The highest BCUT2D eigenvalue weighted by Gasteiger charge is 2.31. The van der Waals surface area contributed by atoms with Crippen molar-refractivity contribution in [2.75, 3.05) is 25.0 Å². The summed E-state index contributed by atoms with van der Waals surface area (Å²) in [6.45, 7) is 1.43. The number of carbonyl (C=O) groups excluding carboxylic acids is 1. The van der Waals surface area contributed by atoms with Crippen molar-refractivity contribution in [1.29, 1.82) is 0 Å². The second-order valence-electron chi connectivity index (χ2n) is 6.33. The highest BCUT2D eigenvalue weighted by molar-refractivity contribution is 7.09. The van der Waals surface area contributed by atoms with Crippen LogP contribution in [0.3, 0.4) is 0 Å². The molecule has 0 spiro atoms. The number of anilines is 1. The lowest BCUT2D eigenvalue weighted by Gasteiger charge is -2.30. The molecule has 4 N–H and O–H groups in total. The van der Waals surface area contributed by atoms with Crippen LogP contribution in [0.15, 0.2) is 24.7 Å². The molecule has 1 fully saturated rings. The van der Waals surface area contributed by atoms with Gasteiger partial charge in [0.25, 0.3) is 5.91 Å². The van der Waals surface area contributed by atoms with Crippen molar-refractivity contribution in [3.05, 3.63) is 30.4 Å². The van der Waals surface area contributed by atoms with Crippen LogP contribution in [0.4, 0.5) is 10.2 Å². The monoisotopic (exact) mass is 375 g/mol. The fourth-order valence-corrected chi connectivity index (χ4v) is 3.54. The number of nitrogens with zero attached hydrogens (tertiary/aromatic N) is 4. The summed E-state index contributed by atoms with van der Waals surface area (Å²) in [6.07, 6.45) is 5.86. The Kier molecular flexibility index (Phi) is 4.29. The third-order valence-electron chi connectivity index (χ3n) is 4.45. The van der Waals surface area contributed by atoms with Crippen LogP contribution in [0.25, 0.3) is 16.2 Å². The van der Waals surface area contributed by atoms with Crippen LogP contribution in [-0.4, -0.2) is 50.0 Å². The maximum atomic E-state index is 14.9. The van der Waals surface area contributed by atoms with Gasteiger partial charge in [-0.1, -0.05) is 0 Å². The topological polar surface area (TPSA) is 110 Å². The summed E-state index contributed by atoms with van der Waals surface area (Å²) in [5, 5.41) is 6.24. The van der Waals surface area contributed by atoms with Crippen LogP contribution in [0.2, 0.25) is 0 Å². The number of aromatic nitrogens is 4. The third kappa shape index (κ3) is 3.25. The molecule has 0 aliphatic carbocycles. The van der Waals surface area contributed by atoms with E-state index in [9.17, 15) is 9.18 Å². The number of halogens is 1. The fraction of sp³-hybridized carbons (Fsp3) is 0.375. The van der Waals surface area contributed by atoms with Crippen molar-refractivity contribution in [3.63, 3.8) is 0 Å². The van der Waals surface area contributed by atoms with Gasteiger partial charge in [-0.15, -0.1) is 0 Å². The molecule has 26 heavy (non-hydrogen) atoms. The summed E-state index contributed by atoms with van der Waals surface area (Å²) in [4.78, 5) is 21.2. The Morgan fingerprint density at radius 3 is 2.88 bits per heavy atom. The third-order valence-corrected chi connectivity index (χ3v) is 5.22. The van der Waals surface area contributed by atoms with E-state index in [1.165, 1.54) is 11.5 Å². The van der Waals surface area contributed by atoms with Gasteiger partial charge in [-0.05, 0) is 43.5 Å². The molecule has 1 aliphatic heterocycles. The molecule has 10 heteroatoms. The zero-order valence-electron chi connectivity index (χ0n) is 13.9. The van der Waals surface area contributed by atoms with Crippen molar-refractivity contribution in [2.24, 2.45) is 5.73 Å². The number of primary amides is 1. The summed E-state index contributed by atoms with van der Waals surface area (Å²) in [6, 6.07) is 1.85. The first kappa shape index (κ1) is 16.9. The minimum Gasteiger partial charge on any atom is -0.364 e. The van der Waals surface area contributed by atoms with Crippen LogP contribution in [0, 0.1) is 0 Å². The lowest BCUT2D eigenvalue weighted by atomic mass is 9.94. The summed E-state index contributed by atoms with van der Waals surface area (Å²) in [5.41, 5.74) is 5.27. The standard InChI is InChI=1S/C16H18FN7OS/c17-16(2-5-19-6-3-16)9-20-14-15-23-11(13(18)25)8-24(15)7-10(22-14)12-1-4-21-26-12/h1,4,7-8,19H,2-3,5-6,9H2,(H2,18,25)(H,20,22). The SMILES string of the molecule is NC(=O)c1cn2cc(-c3ccns3)nc(NCC3(F)CCNCC3)c2n1. The Morgan fingerprint density at radius 1 is 1.38 bits per heavy atom. The lowest BCUT2D eigenvalue weighted by molar-refractivity contribution is 0.0996. The van der Waals surface area contributed by atoms with Crippen LogP contribution in [0.5, 0.6) is 0 Å². The summed E-state index contributed by atoms with van der Waals surface area (Å²) >= 11 is 1.30. The van der Waals surface area contributed by atoms with Gasteiger partial charge >= 0.3 is 0 Å². The minimum atomic E-state index is -1.30. The van der Waals surface area contributed by atoms with Gasteiger partial charge in [0.15, 0.2) is 11.5 Å². The summed E-state index contributed by atoms with van der Waals surface area (Å²) in [7, 11) is 0. The van der Waals surface area contributed by atoms with Gasteiger partial charge in [0, 0.05) is 18.6 Å². The zero-order chi connectivity index (χ0) is 18.1. The van der Waals surface area contributed by atoms with E-state index in [1.54, 1.807) is 23.0 Å². The normalized spacial score (nSPS) is 16.7. The largest absolute Gasteiger partial charge is 0.364 e. The second kappa shape index (κ2) is 6.61. The van der Waals surface area contributed by atoms with Crippen molar-refractivity contribution in [3.8, 4) is 10.6 Å². The predicted octanol–water partition coefficient (Wildman–Crippen LogP) is 1.46. The molecular weight excluding hydrogens is 357 g/mol. The number of rotatable bonds is 5. The average Bonchev–Trinajstić information content (AvgIpc) is 3.29. The molecule has 0 atom stereocenters. The number of hydrogen-bond donors (Lipinski definition) is 3. The number of carbonyl (C=O) groups is 1. The first-order valence-corrected chi connectivity index (χ1v) is 9.06. The highest BCUT2D eigenvalue weighted by Crippen LogP contribution is 2.27. The number of amides is 1. The Balaban J connectivity index is 1.71. The first-order chi connectivity index (χ1) is 12.5. The smallest absolute Gasteiger partial charge is 0.268 e. The van der Waals surface area contributed by atoms with Gasteiger partial charge in [-0.25, -0.2) is 18.7 Å². The Morgan fingerprint density at radius 2 is 2.19 bits per heavy atom. The Bertz CT molecular complexity index is 934. The number of nitrogens with one attached hydrogen (secondary N) is 2. The van der Waals surface area contributed by atoms with E-state index >= 15 is 0 Å². The molecule has 0 radical (unpaired) electrons. The van der Waals surface area contributed by atoms with Crippen LogP contribution < -0.4 is 16.4 Å². The number of alkyl halides is 1. The predicted molar refractivity (Wildman–Crippen MR) is 97.0 cm³/mol. The van der Waals surface area contributed by atoms with E-state index in [4.69, 9.17) is 5.73 Å². The first-order valence-electron chi connectivity index (χ1n) is 8.28. The molecule has 0 bridgehead atoms. The van der Waals surface area contributed by atoms with Gasteiger partial charge in [0.05, 0.1) is 11.4 Å². The highest BCUT2D eigenvalue weighted by atomic mass is 32.1. The van der Waals surface area contributed by atoms with Gasteiger partial charge in [-0.2, -0.15) is 0 Å². The lowest BCUT2D eigenvalue weighted by Crippen LogP contribution is -2.43. The van der Waals surface area contributed by atoms with Crippen molar-refractivity contribution in [2.45, 2.75) is 18.5 Å².